The zero-order valence-electron chi connectivity index (χ0n) is 15.4. The first-order valence-corrected chi connectivity index (χ1v) is 9.22. The quantitative estimate of drug-likeness (QED) is 0.544. The molecule has 27 heavy (non-hydrogen) atoms. The second kappa shape index (κ2) is 9.53. The van der Waals surface area contributed by atoms with Crippen molar-refractivity contribution in [3.8, 4) is 11.5 Å². The number of methoxy groups -OCH3 is 3. The monoisotopic (exact) mass is 409 g/mol. The number of amides is 1. The molecule has 0 heterocycles. The van der Waals surface area contributed by atoms with Gasteiger partial charge in [0.15, 0.2) is 11.5 Å². The largest absolute Gasteiger partial charge is 0.493 e. The molecule has 6 nitrogen and oxygen atoms in total. The second-order valence-electron chi connectivity index (χ2n) is 5.45. The zero-order chi connectivity index (χ0) is 20.0. The van der Waals surface area contributed by atoms with Gasteiger partial charge in [0, 0.05) is 10.6 Å². The van der Waals surface area contributed by atoms with E-state index < -0.39 is 5.97 Å². The van der Waals surface area contributed by atoms with Gasteiger partial charge < -0.3 is 19.5 Å². The number of halogens is 1. The van der Waals surface area contributed by atoms with Crippen LogP contribution in [0.5, 0.6) is 11.5 Å². The molecule has 1 amide bonds. The number of ether oxygens (including phenoxy) is 3. The van der Waals surface area contributed by atoms with Crippen LogP contribution in [0.25, 0.3) is 0 Å². The Morgan fingerprint density at radius 2 is 1.74 bits per heavy atom. The summed E-state index contributed by atoms with van der Waals surface area (Å²) in [6, 6.07) is 10.1. The molecule has 1 atom stereocenters. The van der Waals surface area contributed by atoms with Gasteiger partial charge in [-0.1, -0.05) is 11.6 Å². The Hall–Kier alpha value is -2.38. The van der Waals surface area contributed by atoms with E-state index in [0.29, 0.717) is 17.2 Å². The van der Waals surface area contributed by atoms with E-state index >= 15 is 0 Å². The standard InChI is InChI=1S/C19H20ClNO5S/c1-11(27-13-6-8-16(24-2)17(10-13)25-3)18(22)21-12-5-7-15(20)14(9-12)19(23)26-4/h5-11H,1-4H3,(H,21,22). The Kier molecular flexibility index (Phi) is 7.38. The summed E-state index contributed by atoms with van der Waals surface area (Å²) < 4.78 is 15.2. The summed E-state index contributed by atoms with van der Waals surface area (Å²) in [4.78, 5) is 25.1. The number of rotatable bonds is 7. The third kappa shape index (κ3) is 5.30. The molecule has 0 radical (unpaired) electrons. The number of carbonyl (C=O) groups is 2. The van der Waals surface area contributed by atoms with Crippen LogP contribution in [0.3, 0.4) is 0 Å². The molecular formula is C19H20ClNO5S. The highest BCUT2D eigenvalue weighted by Gasteiger charge is 2.18. The van der Waals surface area contributed by atoms with Crippen LogP contribution in [0.15, 0.2) is 41.3 Å². The van der Waals surface area contributed by atoms with Crippen LogP contribution in [0, 0.1) is 0 Å². The summed E-state index contributed by atoms with van der Waals surface area (Å²) in [5, 5.41) is 2.65. The predicted octanol–water partition coefficient (Wildman–Crippen LogP) is 4.26. The van der Waals surface area contributed by atoms with Crippen molar-refractivity contribution >= 4 is 40.9 Å². The first-order chi connectivity index (χ1) is 12.9. The minimum absolute atomic E-state index is 0.192. The van der Waals surface area contributed by atoms with Crippen molar-refractivity contribution < 1.29 is 23.8 Å². The number of benzene rings is 2. The smallest absolute Gasteiger partial charge is 0.339 e. The van der Waals surface area contributed by atoms with E-state index in [1.165, 1.54) is 31.0 Å². The number of nitrogens with one attached hydrogen (secondary N) is 1. The predicted molar refractivity (Wildman–Crippen MR) is 106 cm³/mol. The van der Waals surface area contributed by atoms with E-state index in [9.17, 15) is 9.59 Å². The SMILES string of the molecule is COC(=O)c1cc(NC(=O)C(C)Sc2ccc(OC)c(OC)c2)ccc1Cl. The van der Waals surface area contributed by atoms with E-state index in [2.05, 4.69) is 10.1 Å². The van der Waals surface area contributed by atoms with E-state index in [1.807, 2.05) is 12.1 Å². The lowest BCUT2D eigenvalue weighted by atomic mass is 10.2. The van der Waals surface area contributed by atoms with Crippen LogP contribution in [0.1, 0.15) is 17.3 Å². The first-order valence-electron chi connectivity index (χ1n) is 7.97. The van der Waals surface area contributed by atoms with E-state index in [1.54, 1.807) is 33.3 Å². The lowest BCUT2D eigenvalue weighted by Crippen LogP contribution is -2.22. The minimum Gasteiger partial charge on any atom is -0.493 e. The topological polar surface area (TPSA) is 73.9 Å². The lowest BCUT2D eigenvalue weighted by molar-refractivity contribution is -0.115. The number of hydrogen-bond acceptors (Lipinski definition) is 6. The Labute approximate surface area is 167 Å². The van der Waals surface area contributed by atoms with Crippen molar-refractivity contribution in [1.82, 2.24) is 0 Å². The van der Waals surface area contributed by atoms with Crippen molar-refractivity contribution in [2.45, 2.75) is 17.1 Å². The number of carbonyl (C=O) groups excluding carboxylic acids is 2. The van der Waals surface area contributed by atoms with Crippen molar-refractivity contribution in [2.24, 2.45) is 0 Å². The molecule has 2 rings (SSSR count). The maximum absolute atomic E-state index is 12.5. The summed E-state index contributed by atoms with van der Waals surface area (Å²) >= 11 is 7.36. The Morgan fingerprint density at radius 1 is 1.04 bits per heavy atom. The Morgan fingerprint density at radius 3 is 2.37 bits per heavy atom. The Bertz CT molecular complexity index is 843. The van der Waals surface area contributed by atoms with Crippen LogP contribution < -0.4 is 14.8 Å². The Balaban J connectivity index is 2.09. The molecule has 144 valence electrons. The molecule has 2 aromatic carbocycles. The fourth-order valence-electron chi connectivity index (χ4n) is 2.26. The summed E-state index contributed by atoms with van der Waals surface area (Å²) in [6.07, 6.45) is 0. The lowest BCUT2D eigenvalue weighted by Gasteiger charge is -2.14. The van der Waals surface area contributed by atoms with Gasteiger partial charge in [-0.2, -0.15) is 0 Å². The minimum atomic E-state index is -0.566. The van der Waals surface area contributed by atoms with Crippen LogP contribution in [-0.2, 0) is 9.53 Å². The van der Waals surface area contributed by atoms with Gasteiger partial charge in [-0.15, -0.1) is 11.8 Å². The first kappa shape index (κ1) is 20.9. The van der Waals surface area contributed by atoms with Gasteiger partial charge in [0.05, 0.1) is 37.2 Å². The number of thioether (sulfide) groups is 1. The average molecular weight is 410 g/mol. The average Bonchev–Trinajstić information content (AvgIpc) is 2.68. The van der Waals surface area contributed by atoms with Crippen LogP contribution in [0.4, 0.5) is 5.69 Å². The van der Waals surface area contributed by atoms with Crippen LogP contribution in [0.2, 0.25) is 5.02 Å². The van der Waals surface area contributed by atoms with Crippen LogP contribution in [-0.4, -0.2) is 38.5 Å². The number of hydrogen-bond donors (Lipinski definition) is 1. The van der Waals surface area contributed by atoms with E-state index in [-0.39, 0.29) is 21.7 Å². The fourth-order valence-corrected chi connectivity index (χ4v) is 3.35. The molecule has 0 spiro atoms. The van der Waals surface area contributed by atoms with Crippen molar-refractivity contribution in [1.29, 1.82) is 0 Å². The fraction of sp³-hybridized carbons (Fsp3) is 0.263. The number of esters is 1. The van der Waals surface area contributed by atoms with Gasteiger partial charge in [0.2, 0.25) is 5.91 Å². The summed E-state index contributed by atoms with van der Waals surface area (Å²) in [5.41, 5.74) is 0.654. The van der Waals surface area contributed by atoms with E-state index in [0.717, 1.165) is 4.90 Å². The molecule has 1 N–H and O–H groups in total. The normalized spacial score (nSPS) is 11.4. The summed E-state index contributed by atoms with van der Waals surface area (Å²) in [6.45, 7) is 1.79. The van der Waals surface area contributed by atoms with Gasteiger partial charge in [0.25, 0.3) is 0 Å². The number of anilines is 1. The molecule has 0 aromatic heterocycles. The van der Waals surface area contributed by atoms with Gasteiger partial charge in [-0.3, -0.25) is 4.79 Å². The van der Waals surface area contributed by atoms with E-state index in [4.69, 9.17) is 21.1 Å². The highest BCUT2D eigenvalue weighted by Crippen LogP contribution is 2.34. The van der Waals surface area contributed by atoms with Crippen molar-refractivity contribution in [2.75, 3.05) is 26.6 Å². The van der Waals surface area contributed by atoms with Gasteiger partial charge in [-0.25, -0.2) is 4.79 Å². The molecular weight excluding hydrogens is 390 g/mol. The molecule has 2 aromatic rings. The second-order valence-corrected chi connectivity index (χ2v) is 7.27. The maximum Gasteiger partial charge on any atom is 0.339 e. The van der Waals surface area contributed by atoms with Crippen LogP contribution >= 0.6 is 23.4 Å². The highest BCUT2D eigenvalue weighted by atomic mass is 35.5. The van der Waals surface area contributed by atoms with Gasteiger partial charge in [0.1, 0.15) is 0 Å². The zero-order valence-corrected chi connectivity index (χ0v) is 16.9. The molecule has 0 saturated heterocycles. The van der Waals surface area contributed by atoms with Crippen molar-refractivity contribution in [3.63, 3.8) is 0 Å². The third-order valence-electron chi connectivity index (χ3n) is 3.68. The molecule has 0 aliphatic carbocycles. The molecule has 0 bridgehead atoms. The molecule has 0 aliphatic heterocycles. The molecule has 0 fully saturated rings. The maximum atomic E-state index is 12.5. The van der Waals surface area contributed by atoms with Gasteiger partial charge in [-0.05, 0) is 43.3 Å². The molecule has 1 unspecified atom stereocenters. The van der Waals surface area contributed by atoms with Gasteiger partial charge >= 0.3 is 5.97 Å². The molecule has 8 heteroatoms. The summed E-state index contributed by atoms with van der Waals surface area (Å²) in [7, 11) is 4.39. The van der Waals surface area contributed by atoms with Crippen molar-refractivity contribution in [3.05, 3.63) is 47.0 Å². The third-order valence-corrected chi connectivity index (χ3v) is 5.10. The summed E-state index contributed by atoms with van der Waals surface area (Å²) in [5.74, 6) is 0.433. The molecule has 0 saturated carbocycles. The molecule has 0 aliphatic rings. The highest BCUT2D eigenvalue weighted by molar-refractivity contribution is 8.00.